The van der Waals surface area contributed by atoms with Crippen molar-refractivity contribution >= 4 is 23.1 Å². The summed E-state index contributed by atoms with van der Waals surface area (Å²) >= 11 is 0. The lowest BCUT2D eigenvalue weighted by Crippen LogP contribution is -2.46. The number of carbonyl (C=O) groups is 1. The van der Waals surface area contributed by atoms with Crippen LogP contribution in [0.15, 0.2) is 48.7 Å². The Bertz CT molecular complexity index is 1230. The van der Waals surface area contributed by atoms with Crippen molar-refractivity contribution in [2.24, 2.45) is 0 Å². The van der Waals surface area contributed by atoms with Gasteiger partial charge in [0.1, 0.15) is 11.6 Å². The largest absolute Gasteiger partial charge is 0.496 e. The van der Waals surface area contributed by atoms with Crippen molar-refractivity contribution in [1.29, 1.82) is 0 Å². The molecule has 3 aromatic rings. The number of nitrogens with zero attached hydrogens (tertiary/aromatic N) is 3. The zero-order valence-corrected chi connectivity index (χ0v) is 23.4. The fraction of sp³-hybridized carbons (Fsp3) is 0.419. The van der Waals surface area contributed by atoms with E-state index in [0.717, 1.165) is 80.4 Å². The van der Waals surface area contributed by atoms with Gasteiger partial charge in [-0.05, 0) is 91.4 Å². The van der Waals surface area contributed by atoms with E-state index in [0.29, 0.717) is 5.56 Å². The van der Waals surface area contributed by atoms with Gasteiger partial charge >= 0.3 is 0 Å². The molecular weight excluding hydrogens is 474 g/mol. The molecule has 1 aliphatic heterocycles. The summed E-state index contributed by atoms with van der Waals surface area (Å²) in [6.07, 6.45) is 4.49. The van der Waals surface area contributed by atoms with Crippen molar-refractivity contribution in [3.63, 3.8) is 0 Å². The standard InChI is InChI=1S/C31H41N5O2/c1-6-24-18-23(8-9-25-19-26(31(37)32-4)20-29(38-5)22(25)3)21-33-30(24)34-27-10-12-28(13-11-27)36-16-14-35(7-2)15-17-36/h10-13,18-21H,6-9,14-17H2,1-5H3,(H,32,37)(H,33,34). The van der Waals surface area contributed by atoms with Crippen LogP contribution in [-0.2, 0) is 19.3 Å². The van der Waals surface area contributed by atoms with Crippen LogP contribution in [0.3, 0.4) is 0 Å². The van der Waals surface area contributed by atoms with Crippen molar-refractivity contribution in [2.45, 2.75) is 40.0 Å². The molecule has 0 saturated carbocycles. The van der Waals surface area contributed by atoms with Crippen LogP contribution in [0.2, 0.25) is 0 Å². The highest BCUT2D eigenvalue weighted by molar-refractivity contribution is 5.94. The summed E-state index contributed by atoms with van der Waals surface area (Å²) in [6, 6.07) is 14.7. The Kier molecular flexibility index (Phi) is 9.24. The summed E-state index contributed by atoms with van der Waals surface area (Å²) in [5.74, 6) is 1.53. The molecule has 2 N–H and O–H groups in total. The van der Waals surface area contributed by atoms with Gasteiger partial charge in [0, 0.05) is 56.4 Å². The van der Waals surface area contributed by atoms with Crippen LogP contribution in [0.1, 0.15) is 46.5 Å². The first-order valence-corrected chi connectivity index (χ1v) is 13.7. The summed E-state index contributed by atoms with van der Waals surface area (Å²) in [6.45, 7) is 12.0. The normalized spacial score (nSPS) is 13.9. The van der Waals surface area contributed by atoms with E-state index in [1.54, 1.807) is 20.2 Å². The third kappa shape index (κ3) is 6.45. The van der Waals surface area contributed by atoms with Crippen LogP contribution in [-0.4, -0.2) is 62.7 Å². The summed E-state index contributed by atoms with van der Waals surface area (Å²) in [5, 5.41) is 6.22. The fourth-order valence-corrected chi connectivity index (χ4v) is 5.06. The Labute approximate surface area is 227 Å². The lowest BCUT2D eigenvalue weighted by Gasteiger charge is -2.35. The second-order valence-electron chi connectivity index (χ2n) is 9.84. The average Bonchev–Trinajstić information content (AvgIpc) is 2.97. The van der Waals surface area contributed by atoms with Gasteiger partial charge in [-0.15, -0.1) is 0 Å². The number of methoxy groups -OCH3 is 1. The molecule has 0 spiro atoms. The van der Waals surface area contributed by atoms with Gasteiger partial charge in [-0.25, -0.2) is 4.98 Å². The van der Waals surface area contributed by atoms with Gasteiger partial charge in [0.05, 0.1) is 7.11 Å². The molecule has 0 bridgehead atoms. The molecule has 2 aromatic carbocycles. The zero-order chi connectivity index (χ0) is 27.1. The van der Waals surface area contributed by atoms with Gasteiger partial charge in [0.15, 0.2) is 0 Å². The minimum Gasteiger partial charge on any atom is -0.496 e. The van der Waals surface area contributed by atoms with E-state index < -0.39 is 0 Å². The number of nitrogens with one attached hydrogen (secondary N) is 2. The van der Waals surface area contributed by atoms with Gasteiger partial charge in [0.25, 0.3) is 5.91 Å². The highest BCUT2D eigenvalue weighted by Gasteiger charge is 2.16. The third-order valence-electron chi connectivity index (χ3n) is 7.58. The Morgan fingerprint density at radius 2 is 1.74 bits per heavy atom. The molecule has 202 valence electrons. The molecule has 1 aromatic heterocycles. The molecule has 1 amide bonds. The van der Waals surface area contributed by atoms with E-state index in [9.17, 15) is 4.79 Å². The molecule has 0 unspecified atom stereocenters. The Morgan fingerprint density at radius 3 is 2.37 bits per heavy atom. The van der Waals surface area contributed by atoms with E-state index in [2.05, 4.69) is 64.6 Å². The van der Waals surface area contributed by atoms with Crippen LogP contribution in [0.5, 0.6) is 5.75 Å². The number of aromatic nitrogens is 1. The van der Waals surface area contributed by atoms with Crippen molar-refractivity contribution in [2.75, 3.05) is 57.1 Å². The molecule has 1 aliphatic rings. The first-order chi connectivity index (χ1) is 18.4. The minimum absolute atomic E-state index is 0.109. The number of anilines is 3. The Hall–Kier alpha value is -3.58. The average molecular weight is 516 g/mol. The predicted molar refractivity (Wildman–Crippen MR) is 156 cm³/mol. The van der Waals surface area contributed by atoms with Crippen LogP contribution in [0.25, 0.3) is 0 Å². The van der Waals surface area contributed by atoms with Crippen molar-refractivity contribution in [3.05, 3.63) is 76.5 Å². The fourth-order valence-electron chi connectivity index (χ4n) is 5.06. The number of carbonyl (C=O) groups excluding carboxylic acids is 1. The van der Waals surface area contributed by atoms with E-state index in [-0.39, 0.29) is 5.91 Å². The van der Waals surface area contributed by atoms with Crippen LogP contribution in [0.4, 0.5) is 17.2 Å². The van der Waals surface area contributed by atoms with Crippen LogP contribution < -0.4 is 20.3 Å². The summed E-state index contributed by atoms with van der Waals surface area (Å²) in [5.41, 5.74) is 7.49. The second kappa shape index (κ2) is 12.8. The highest BCUT2D eigenvalue weighted by Crippen LogP contribution is 2.27. The predicted octanol–water partition coefficient (Wildman–Crippen LogP) is 4.99. The van der Waals surface area contributed by atoms with Gasteiger partial charge in [-0.3, -0.25) is 4.79 Å². The first-order valence-electron chi connectivity index (χ1n) is 13.7. The highest BCUT2D eigenvalue weighted by atomic mass is 16.5. The first kappa shape index (κ1) is 27.5. The lowest BCUT2D eigenvalue weighted by molar-refractivity contribution is 0.0962. The number of amides is 1. The van der Waals surface area contributed by atoms with Crippen molar-refractivity contribution in [1.82, 2.24) is 15.2 Å². The number of likely N-dealkylation sites (N-methyl/N-ethyl adjacent to an activating group) is 1. The maximum Gasteiger partial charge on any atom is 0.251 e. The Morgan fingerprint density at radius 1 is 1.00 bits per heavy atom. The molecule has 1 fully saturated rings. The van der Waals surface area contributed by atoms with E-state index in [1.807, 2.05) is 19.2 Å². The third-order valence-corrected chi connectivity index (χ3v) is 7.58. The zero-order valence-electron chi connectivity index (χ0n) is 23.4. The number of rotatable bonds is 10. The van der Waals surface area contributed by atoms with E-state index in [1.165, 1.54) is 16.8 Å². The summed E-state index contributed by atoms with van der Waals surface area (Å²) < 4.78 is 5.53. The topological polar surface area (TPSA) is 69.7 Å². The maximum atomic E-state index is 12.2. The maximum absolute atomic E-state index is 12.2. The Balaban J connectivity index is 1.42. The smallest absolute Gasteiger partial charge is 0.251 e. The molecule has 38 heavy (non-hydrogen) atoms. The molecule has 7 nitrogen and oxygen atoms in total. The minimum atomic E-state index is -0.109. The van der Waals surface area contributed by atoms with Crippen LogP contribution in [0, 0.1) is 6.92 Å². The van der Waals surface area contributed by atoms with Crippen LogP contribution >= 0.6 is 0 Å². The molecule has 0 aliphatic carbocycles. The number of ether oxygens (including phenoxy) is 1. The molecule has 0 atom stereocenters. The molecule has 4 rings (SSSR count). The number of hydrogen-bond donors (Lipinski definition) is 2. The van der Waals surface area contributed by atoms with E-state index >= 15 is 0 Å². The number of aryl methyl sites for hydroxylation is 3. The van der Waals surface area contributed by atoms with E-state index in [4.69, 9.17) is 9.72 Å². The second-order valence-corrected chi connectivity index (χ2v) is 9.84. The molecular formula is C31H41N5O2. The van der Waals surface area contributed by atoms with Crippen molar-refractivity contribution < 1.29 is 9.53 Å². The molecule has 2 heterocycles. The molecule has 0 radical (unpaired) electrons. The monoisotopic (exact) mass is 515 g/mol. The van der Waals surface area contributed by atoms with Gasteiger partial charge in [-0.2, -0.15) is 0 Å². The number of benzene rings is 2. The molecule has 1 saturated heterocycles. The quantitative estimate of drug-likeness (QED) is 0.396. The summed E-state index contributed by atoms with van der Waals surface area (Å²) in [4.78, 5) is 22.0. The lowest BCUT2D eigenvalue weighted by atomic mass is 9.97. The van der Waals surface area contributed by atoms with Gasteiger partial charge in [0.2, 0.25) is 0 Å². The number of pyridine rings is 1. The number of hydrogen-bond acceptors (Lipinski definition) is 6. The van der Waals surface area contributed by atoms with Crippen molar-refractivity contribution in [3.8, 4) is 5.75 Å². The SMILES string of the molecule is CCc1cc(CCc2cc(C(=O)NC)cc(OC)c2C)cnc1Nc1ccc(N2CCN(CC)CC2)cc1. The number of piperazine rings is 1. The summed E-state index contributed by atoms with van der Waals surface area (Å²) in [7, 11) is 3.29. The molecule has 7 heteroatoms. The van der Waals surface area contributed by atoms with Gasteiger partial charge in [-0.1, -0.05) is 19.9 Å². The van der Waals surface area contributed by atoms with Gasteiger partial charge < -0.3 is 25.2 Å².